The van der Waals surface area contributed by atoms with Crippen molar-refractivity contribution in [1.82, 2.24) is 9.62 Å². The number of nitrogens with zero attached hydrogens (tertiary/aromatic N) is 1. The predicted molar refractivity (Wildman–Crippen MR) is 101 cm³/mol. The molecule has 2 fully saturated rings. The van der Waals surface area contributed by atoms with Gasteiger partial charge in [-0.1, -0.05) is 30.5 Å². The molecule has 0 spiro atoms. The second kappa shape index (κ2) is 8.25. The highest BCUT2D eigenvalue weighted by atomic mass is 35.5. The number of piperazine rings is 1. The number of carbonyl (C=O) groups excluding carboxylic acids is 1. The highest BCUT2D eigenvalue weighted by Gasteiger charge is 2.31. The lowest BCUT2D eigenvalue weighted by Gasteiger charge is -2.31. The van der Waals surface area contributed by atoms with Crippen molar-refractivity contribution in [3.05, 3.63) is 28.8 Å². The summed E-state index contributed by atoms with van der Waals surface area (Å²) in [6, 6.07) is 5.17. The number of rotatable bonds is 5. The number of nitrogens with one attached hydrogen (secondary N) is 2. The van der Waals surface area contributed by atoms with Gasteiger partial charge >= 0.3 is 0 Å². The van der Waals surface area contributed by atoms with Gasteiger partial charge in [-0.2, -0.15) is 4.31 Å². The molecule has 0 bridgehead atoms. The zero-order chi connectivity index (χ0) is 18.7. The number of halogens is 1. The molecule has 8 heteroatoms. The summed E-state index contributed by atoms with van der Waals surface area (Å²) in [5.41, 5.74) is 0.855. The minimum Gasteiger partial charge on any atom is -0.348 e. The van der Waals surface area contributed by atoms with Crippen LogP contribution in [0.1, 0.15) is 31.2 Å². The van der Waals surface area contributed by atoms with Gasteiger partial charge in [0.15, 0.2) is 6.54 Å². The van der Waals surface area contributed by atoms with Gasteiger partial charge in [0.1, 0.15) is 0 Å². The summed E-state index contributed by atoms with van der Waals surface area (Å²) < 4.78 is 27.1. The molecule has 0 radical (unpaired) electrons. The molecule has 1 saturated carbocycles. The normalized spacial score (nSPS) is 20.4. The standard InChI is InChI=1S/C18H26ClN3O3S/c1-14-6-7-16(12-17(14)19)26(24,25)22-10-8-21(9-11-22)13-18(23)20-15-4-2-3-5-15/h6-7,12,15H,2-5,8-11,13H2,1H3,(H,20,23)/p+1. The molecule has 1 saturated heterocycles. The van der Waals surface area contributed by atoms with Crippen molar-refractivity contribution in [2.24, 2.45) is 0 Å². The molecule has 3 rings (SSSR count). The molecule has 1 aliphatic heterocycles. The minimum atomic E-state index is -3.54. The third-order valence-electron chi connectivity index (χ3n) is 5.34. The number of sulfonamides is 1. The fraction of sp³-hybridized carbons (Fsp3) is 0.611. The Balaban J connectivity index is 1.53. The van der Waals surface area contributed by atoms with Crippen LogP contribution < -0.4 is 10.2 Å². The number of hydrogen-bond acceptors (Lipinski definition) is 3. The van der Waals surface area contributed by atoms with Crippen LogP contribution in [-0.2, 0) is 14.8 Å². The van der Waals surface area contributed by atoms with E-state index in [-0.39, 0.29) is 10.8 Å². The average Bonchev–Trinajstić information content (AvgIpc) is 3.10. The van der Waals surface area contributed by atoms with Crippen LogP contribution in [0.3, 0.4) is 0 Å². The van der Waals surface area contributed by atoms with Crippen molar-refractivity contribution >= 4 is 27.5 Å². The molecule has 1 aromatic carbocycles. The van der Waals surface area contributed by atoms with Crippen LogP contribution in [0.4, 0.5) is 0 Å². The summed E-state index contributed by atoms with van der Waals surface area (Å²) >= 11 is 6.08. The fourth-order valence-corrected chi connectivity index (χ4v) is 5.39. The van der Waals surface area contributed by atoms with Crippen LogP contribution in [-0.4, -0.2) is 57.4 Å². The lowest BCUT2D eigenvalue weighted by Crippen LogP contribution is -3.15. The summed E-state index contributed by atoms with van der Waals surface area (Å²) in [4.78, 5) is 13.5. The molecule has 0 aromatic heterocycles. The van der Waals surface area contributed by atoms with E-state index in [9.17, 15) is 13.2 Å². The highest BCUT2D eigenvalue weighted by molar-refractivity contribution is 7.89. The lowest BCUT2D eigenvalue weighted by molar-refractivity contribution is -0.895. The Kier molecular flexibility index (Phi) is 6.22. The van der Waals surface area contributed by atoms with Crippen LogP contribution in [0.25, 0.3) is 0 Å². The van der Waals surface area contributed by atoms with Crippen molar-refractivity contribution < 1.29 is 18.1 Å². The van der Waals surface area contributed by atoms with Crippen LogP contribution in [0, 0.1) is 6.92 Å². The van der Waals surface area contributed by atoms with Gasteiger partial charge < -0.3 is 10.2 Å². The Morgan fingerprint density at radius 1 is 1.27 bits per heavy atom. The molecular weight excluding hydrogens is 374 g/mol. The molecule has 144 valence electrons. The van der Waals surface area contributed by atoms with E-state index in [1.165, 1.54) is 23.2 Å². The van der Waals surface area contributed by atoms with Gasteiger partial charge in [-0.3, -0.25) is 4.79 Å². The number of aryl methyl sites for hydroxylation is 1. The van der Waals surface area contributed by atoms with E-state index < -0.39 is 10.0 Å². The molecule has 26 heavy (non-hydrogen) atoms. The van der Waals surface area contributed by atoms with Crippen molar-refractivity contribution in [3.8, 4) is 0 Å². The number of hydrogen-bond donors (Lipinski definition) is 2. The number of benzene rings is 1. The van der Waals surface area contributed by atoms with Gasteiger partial charge in [0.05, 0.1) is 31.1 Å². The molecule has 2 aliphatic rings. The summed E-state index contributed by atoms with van der Waals surface area (Å²) in [5, 5.41) is 3.56. The van der Waals surface area contributed by atoms with Crippen LogP contribution in [0.15, 0.2) is 23.1 Å². The molecule has 1 heterocycles. The second-order valence-corrected chi connectivity index (χ2v) is 9.64. The van der Waals surface area contributed by atoms with Gasteiger partial charge in [0.2, 0.25) is 10.0 Å². The van der Waals surface area contributed by atoms with Crippen molar-refractivity contribution in [3.63, 3.8) is 0 Å². The summed E-state index contributed by atoms with van der Waals surface area (Å²) in [5.74, 6) is 0.0773. The molecule has 0 atom stereocenters. The second-order valence-electron chi connectivity index (χ2n) is 7.29. The Hall–Kier alpha value is -1.15. The largest absolute Gasteiger partial charge is 0.348 e. The number of carbonyl (C=O) groups is 1. The van der Waals surface area contributed by atoms with Crippen LogP contribution >= 0.6 is 11.6 Å². The van der Waals surface area contributed by atoms with E-state index >= 15 is 0 Å². The Morgan fingerprint density at radius 3 is 2.54 bits per heavy atom. The summed E-state index contributed by atoms with van der Waals surface area (Å²) in [6.45, 7) is 4.37. The first kappa shape index (κ1) is 19.6. The maximum Gasteiger partial charge on any atom is 0.275 e. The smallest absolute Gasteiger partial charge is 0.275 e. The van der Waals surface area contributed by atoms with Gasteiger partial charge in [-0.05, 0) is 37.5 Å². The Labute approximate surface area is 160 Å². The van der Waals surface area contributed by atoms with Crippen LogP contribution in [0.2, 0.25) is 5.02 Å². The maximum absolute atomic E-state index is 12.8. The van der Waals surface area contributed by atoms with Crippen LogP contribution in [0.5, 0.6) is 0 Å². The van der Waals surface area contributed by atoms with E-state index in [0.717, 1.165) is 23.3 Å². The zero-order valence-corrected chi connectivity index (χ0v) is 16.7. The van der Waals surface area contributed by atoms with E-state index in [1.54, 1.807) is 12.1 Å². The first-order chi connectivity index (χ1) is 12.4. The molecule has 1 aromatic rings. The van der Waals surface area contributed by atoms with Gasteiger partial charge in [0.25, 0.3) is 5.91 Å². The number of amides is 1. The topological polar surface area (TPSA) is 70.9 Å². The van der Waals surface area contributed by atoms with E-state index in [1.807, 2.05) is 6.92 Å². The molecule has 0 unspecified atom stereocenters. The fourth-order valence-electron chi connectivity index (χ4n) is 3.68. The van der Waals surface area contributed by atoms with Crippen molar-refractivity contribution in [2.45, 2.75) is 43.5 Å². The quantitative estimate of drug-likeness (QED) is 0.760. The average molecular weight is 401 g/mol. The first-order valence-corrected chi connectivity index (χ1v) is 11.1. The Morgan fingerprint density at radius 2 is 1.92 bits per heavy atom. The predicted octanol–water partition coefficient (Wildman–Crippen LogP) is 0.596. The molecule has 2 N–H and O–H groups in total. The van der Waals surface area contributed by atoms with Gasteiger partial charge in [0, 0.05) is 11.1 Å². The van der Waals surface area contributed by atoms with E-state index in [2.05, 4.69) is 5.32 Å². The summed E-state index contributed by atoms with van der Waals surface area (Å²) in [6.07, 6.45) is 4.53. The van der Waals surface area contributed by atoms with Crippen molar-refractivity contribution in [2.75, 3.05) is 32.7 Å². The number of quaternary nitrogens is 1. The van der Waals surface area contributed by atoms with E-state index in [0.29, 0.717) is 43.8 Å². The van der Waals surface area contributed by atoms with Crippen molar-refractivity contribution in [1.29, 1.82) is 0 Å². The minimum absolute atomic E-state index is 0.0773. The summed E-state index contributed by atoms with van der Waals surface area (Å²) in [7, 11) is -3.54. The monoisotopic (exact) mass is 400 g/mol. The third kappa shape index (κ3) is 4.57. The molecule has 1 aliphatic carbocycles. The Bertz CT molecular complexity index is 755. The molecule has 6 nitrogen and oxygen atoms in total. The molecule has 1 amide bonds. The van der Waals surface area contributed by atoms with Gasteiger partial charge in [-0.25, -0.2) is 8.42 Å². The van der Waals surface area contributed by atoms with Gasteiger partial charge in [-0.15, -0.1) is 0 Å². The lowest BCUT2D eigenvalue weighted by atomic mass is 10.2. The van der Waals surface area contributed by atoms with E-state index in [4.69, 9.17) is 11.6 Å². The maximum atomic E-state index is 12.8. The zero-order valence-electron chi connectivity index (χ0n) is 15.1. The molecular formula is C18H27ClN3O3S+. The first-order valence-electron chi connectivity index (χ1n) is 9.25. The third-order valence-corrected chi connectivity index (χ3v) is 7.64. The highest BCUT2D eigenvalue weighted by Crippen LogP contribution is 2.22. The SMILES string of the molecule is Cc1ccc(S(=O)(=O)N2CC[NH+](CC(=O)NC3CCCC3)CC2)cc1Cl.